The van der Waals surface area contributed by atoms with Gasteiger partial charge in [-0.1, -0.05) is 37.1 Å². The first-order valence-corrected chi connectivity index (χ1v) is 10.3. The standard InChI is InChI=1S/C19H23ClN2O3S/c1-4-5-10-21-19(23)15-8-9-16(20)18(12-15)26(24,25)22-17-11-13(2)6-7-14(17)3/h6-9,11-12,22H,4-5,10H2,1-3H3,(H,21,23). The summed E-state index contributed by atoms with van der Waals surface area (Å²) in [6.45, 7) is 6.26. The molecular weight excluding hydrogens is 372 g/mol. The molecule has 140 valence electrons. The van der Waals surface area contributed by atoms with Crippen LogP contribution in [0.25, 0.3) is 0 Å². The Bertz CT molecular complexity index is 911. The van der Waals surface area contributed by atoms with E-state index >= 15 is 0 Å². The molecule has 0 saturated heterocycles. The molecule has 2 aromatic rings. The van der Waals surface area contributed by atoms with Crippen molar-refractivity contribution in [1.29, 1.82) is 0 Å². The number of benzene rings is 2. The third kappa shape index (κ3) is 4.99. The molecule has 2 N–H and O–H groups in total. The lowest BCUT2D eigenvalue weighted by Crippen LogP contribution is -2.25. The molecule has 2 rings (SSSR count). The molecule has 0 unspecified atom stereocenters. The van der Waals surface area contributed by atoms with Gasteiger partial charge in [-0.15, -0.1) is 0 Å². The fraction of sp³-hybridized carbons (Fsp3) is 0.316. The number of rotatable bonds is 7. The van der Waals surface area contributed by atoms with E-state index in [1.165, 1.54) is 18.2 Å². The predicted molar refractivity (Wildman–Crippen MR) is 105 cm³/mol. The van der Waals surface area contributed by atoms with Crippen LogP contribution >= 0.6 is 11.6 Å². The Labute approximate surface area is 159 Å². The first-order chi connectivity index (χ1) is 12.2. The molecule has 0 aliphatic heterocycles. The second-order valence-corrected chi connectivity index (χ2v) is 8.24. The number of amides is 1. The summed E-state index contributed by atoms with van der Waals surface area (Å²) in [7, 11) is -3.93. The minimum Gasteiger partial charge on any atom is -0.352 e. The van der Waals surface area contributed by atoms with E-state index in [0.717, 1.165) is 24.0 Å². The number of unbranched alkanes of at least 4 members (excludes halogenated alkanes) is 1. The highest BCUT2D eigenvalue weighted by Crippen LogP contribution is 2.26. The summed E-state index contributed by atoms with van der Waals surface area (Å²) >= 11 is 6.10. The molecule has 2 aromatic carbocycles. The number of carbonyl (C=O) groups excluding carboxylic acids is 1. The van der Waals surface area contributed by atoms with Crippen molar-refractivity contribution < 1.29 is 13.2 Å². The van der Waals surface area contributed by atoms with Gasteiger partial charge in [0.25, 0.3) is 15.9 Å². The zero-order valence-corrected chi connectivity index (χ0v) is 16.7. The average molecular weight is 395 g/mol. The van der Waals surface area contributed by atoms with Crippen molar-refractivity contribution in [2.75, 3.05) is 11.3 Å². The van der Waals surface area contributed by atoms with Gasteiger partial charge in [-0.3, -0.25) is 9.52 Å². The maximum atomic E-state index is 12.8. The van der Waals surface area contributed by atoms with Crippen LogP contribution in [-0.2, 0) is 10.0 Å². The van der Waals surface area contributed by atoms with Crippen molar-refractivity contribution in [2.24, 2.45) is 0 Å². The van der Waals surface area contributed by atoms with E-state index < -0.39 is 10.0 Å². The minimum absolute atomic E-state index is 0.0629. The maximum Gasteiger partial charge on any atom is 0.263 e. The summed E-state index contributed by atoms with van der Waals surface area (Å²) in [5, 5.41) is 2.83. The Morgan fingerprint density at radius 3 is 2.54 bits per heavy atom. The minimum atomic E-state index is -3.93. The van der Waals surface area contributed by atoms with Gasteiger partial charge in [0.15, 0.2) is 0 Å². The van der Waals surface area contributed by atoms with Crippen LogP contribution in [0.1, 0.15) is 41.3 Å². The Hall–Kier alpha value is -2.05. The second-order valence-electron chi connectivity index (χ2n) is 6.18. The van der Waals surface area contributed by atoms with Crippen LogP contribution in [0.15, 0.2) is 41.3 Å². The molecule has 1 amide bonds. The lowest BCUT2D eigenvalue weighted by Gasteiger charge is -2.13. The van der Waals surface area contributed by atoms with Crippen LogP contribution in [0.2, 0.25) is 5.02 Å². The van der Waals surface area contributed by atoms with Crippen molar-refractivity contribution in [1.82, 2.24) is 5.32 Å². The summed E-state index contributed by atoms with van der Waals surface area (Å²) in [5.41, 5.74) is 2.47. The number of nitrogens with one attached hydrogen (secondary N) is 2. The van der Waals surface area contributed by atoms with Gasteiger partial charge in [0.05, 0.1) is 10.7 Å². The van der Waals surface area contributed by atoms with Crippen molar-refractivity contribution in [3.05, 3.63) is 58.1 Å². The summed E-state index contributed by atoms with van der Waals surface area (Å²) in [4.78, 5) is 12.1. The van der Waals surface area contributed by atoms with Crippen molar-refractivity contribution in [2.45, 2.75) is 38.5 Å². The van der Waals surface area contributed by atoms with Crippen LogP contribution in [-0.4, -0.2) is 20.9 Å². The van der Waals surface area contributed by atoms with Gasteiger partial charge < -0.3 is 5.32 Å². The molecule has 0 radical (unpaired) electrons. The molecule has 0 heterocycles. The number of hydrogen-bond acceptors (Lipinski definition) is 3. The Balaban J connectivity index is 2.32. The first-order valence-electron chi connectivity index (χ1n) is 8.42. The fourth-order valence-electron chi connectivity index (χ4n) is 2.38. The molecular formula is C19H23ClN2O3S. The van der Waals surface area contributed by atoms with E-state index in [2.05, 4.69) is 10.0 Å². The van der Waals surface area contributed by atoms with E-state index in [-0.39, 0.29) is 21.4 Å². The normalized spacial score (nSPS) is 11.2. The van der Waals surface area contributed by atoms with Crippen LogP contribution < -0.4 is 10.0 Å². The van der Waals surface area contributed by atoms with Crippen LogP contribution in [0.4, 0.5) is 5.69 Å². The van der Waals surface area contributed by atoms with Gasteiger partial charge >= 0.3 is 0 Å². The van der Waals surface area contributed by atoms with Crippen LogP contribution in [0, 0.1) is 13.8 Å². The van der Waals surface area contributed by atoms with Crippen LogP contribution in [0.3, 0.4) is 0 Å². The van der Waals surface area contributed by atoms with Gasteiger partial charge in [0, 0.05) is 12.1 Å². The largest absolute Gasteiger partial charge is 0.352 e. The molecule has 0 bridgehead atoms. The van der Waals surface area contributed by atoms with Crippen LogP contribution in [0.5, 0.6) is 0 Å². The van der Waals surface area contributed by atoms with E-state index in [0.29, 0.717) is 12.2 Å². The summed E-state index contributed by atoms with van der Waals surface area (Å²) < 4.78 is 28.1. The molecule has 5 nitrogen and oxygen atoms in total. The SMILES string of the molecule is CCCCNC(=O)c1ccc(Cl)c(S(=O)(=O)Nc2cc(C)ccc2C)c1. The maximum absolute atomic E-state index is 12.8. The van der Waals surface area contributed by atoms with E-state index in [1.807, 2.05) is 32.9 Å². The smallest absolute Gasteiger partial charge is 0.263 e. The number of halogens is 1. The zero-order valence-electron chi connectivity index (χ0n) is 15.1. The number of hydrogen-bond donors (Lipinski definition) is 2. The predicted octanol–water partition coefficient (Wildman–Crippen LogP) is 4.29. The number of anilines is 1. The summed E-state index contributed by atoms with van der Waals surface area (Å²) in [5.74, 6) is -0.321. The van der Waals surface area contributed by atoms with E-state index in [1.54, 1.807) is 6.07 Å². The number of aryl methyl sites for hydroxylation is 2. The van der Waals surface area contributed by atoms with Gasteiger partial charge in [0.2, 0.25) is 0 Å². The zero-order chi connectivity index (χ0) is 19.3. The molecule has 0 atom stereocenters. The van der Waals surface area contributed by atoms with Gasteiger partial charge in [0.1, 0.15) is 4.90 Å². The fourth-order valence-corrected chi connectivity index (χ4v) is 4.03. The third-order valence-electron chi connectivity index (χ3n) is 3.94. The lowest BCUT2D eigenvalue weighted by molar-refractivity contribution is 0.0953. The Kier molecular flexibility index (Phi) is 6.67. The Morgan fingerprint density at radius 2 is 1.85 bits per heavy atom. The average Bonchev–Trinajstić information content (AvgIpc) is 2.58. The number of sulfonamides is 1. The van der Waals surface area contributed by atoms with Gasteiger partial charge in [-0.05, 0) is 55.7 Å². The quantitative estimate of drug-likeness (QED) is 0.688. The van der Waals surface area contributed by atoms with E-state index in [9.17, 15) is 13.2 Å². The molecule has 0 fully saturated rings. The highest BCUT2D eigenvalue weighted by atomic mass is 35.5. The topological polar surface area (TPSA) is 75.3 Å². The van der Waals surface area contributed by atoms with Gasteiger partial charge in [-0.25, -0.2) is 8.42 Å². The number of carbonyl (C=O) groups is 1. The van der Waals surface area contributed by atoms with Crippen molar-refractivity contribution in [3.8, 4) is 0 Å². The Morgan fingerprint density at radius 1 is 1.12 bits per heavy atom. The highest BCUT2D eigenvalue weighted by molar-refractivity contribution is 7.92. The first kappa shape index (κ1) is 20.3. The van der Waals surface area contributed by atoms with E-state index in [4.69, 9.17) is 11.6 Å². The molecule has 0 aliphatic rings. The molecule has 0 saturated carbocycles. The summed E-state index contributed by atoms with van der Waals surface area (Å²) in [6, 6.07) is 9.74. The molecule has 7 heteroatoms. The van der Waals surface area contributed by atoms with Crippen molar-refractivity contribution in [3.63, 3.8) is 0 Å². The summed E-state index contributed by atoms with van der Waals surface area (Å²) in [6.07, 6.45) is 1.82. The van der Waals surface area contributed by atoms with Crippen molar-refractivity contribution >= 4 is 33.2 Å². The lowest BCUT2D eigenvalue weighted by atomic mass is 10.1. The highest BCUT2D eigenvalue weighted by Gasteiger charge is 2.21. The molecule has 0 aromatic heterocycles. The molecule has 0 spiro atoms. The third-order valence-corrected chi connectivity index (χ3v) is 5.78. The molecule has 26 heavy (non-hydrogen) atoms. The van der Waals surface area contributed by atoms with Gasteiger partial charge in [-0.2, -0.15) is 0 Å². The monoisotopic (exact) mass is 394 g/mol. The molecule has 0 aliphatic carbocycles. The second kappa shape index (κ2) is 8.56.